The molecule has 0 unspecified atom stereocenters. The molecule has 2 aromatic rings. The van der Waals surface area contributed by atoms with Crippen LogP contribution in [-0.4, -0.2) is 59.0 Å². The zero-order valence-corrected chi connectivity index (χ0v) is 22.0. The first-order valence-electron chi connectivity index (χ1n) is 13.1. The zero-order valence-electron chi connectivity index (χ0n) is 22.0. The van der Waals surface area contributed by atoms with Crippen molar-refractivity contribution in [1.82, 2.24) is 14.4 Å². The molecule has 1 aliphatic rings. The predicted octanol–water partition coefficient (Wildman–Crippen LogP) is 5.11. The molecule has 0 bridgehead atoms. The molecular weight excluding hydrogens is 438 g/mol. The van der Waals surface area contributed by atoms with Gasteiger partial charge in [-0.2, -0.15) is 0 Å². The summed E-state index contributed by atoms with van der Waals surface area (Å²) in [6.07, 6.45) is 8.40. The van der Waals surface area contributed by atoms with Crippen LogP contribution in [-0.2, 0) is 27.4 Å². The van der Waals surface area contributed by atoms with Crippen LogP contribution in [0.15, 0.2) is 48.7 Å². The van der Waals surface area contributed by atoms with Crippen LogP contribution in [0.25, 0.3) is 0 Å². The highest BCUT2D eigenvalue weighted by Crippen LogP contribution is 2.26. The van der Waals surface area contributed by atoms with Crippen molar-refractivity contribution in [2.75, 3.05) is 26.8 Å². The first-order chi connectivity index (χ1) is 16.8. The van der Waals surface area contributed by atoms with Gasteiger partial charge in [0, 0.05) is 50.2 Å². The van der Waals surface area contributed by atoms with Crippen molar-refractivity contribution in [2.45, 2.75) is 78.4 Å². The quantitative estimate of drug-likeness (QED) is 0.419. The summed E-state index contributed by atoms with van der Waals surface area (Å²) in [5.74, 6) is 0.0531. The minimum Gasteiger partial charge on any atom is -0.385 e. The largest absolute Gasteiger partial charge is 0.385 e. The van der Waals surface area contributed by atoms with Crippen molar-refractivity contribution in [3.05, 3.63) is 59.9 Å². The topological polar surface area (TPSA) is 54.8 Å². The molecule has 2 amide bonds. The van der Waals surface area contributed by atoms with E-state index in [4.69, 9.17) is 4.74 Å². The highest BCUT2D eigenvalue weighted by atomic mass is 16.5. The fourth-order valence-corrected chi connectivity index (χ4v) is 4.90. The lowest BCUT2D eigenvalue weighted by molar-refractivity contribution is -0.147. The third-order valence-corrected chi connectivity index (χ3v) is 6.82. The lowest BCUT2D eigenvalue weighted by Gasteiger charge is -2.37. The molecule has 6 nitrogen and oxygen atoms in total. The second-order valence-corrected chi connectivity index (χ2v) is 10.7. The highest BCUT2D eigenvalue weighted by Gasteiger charge is 2.32. The van der Waals surface area contributed by atoms with E-state index in [1.54, 1.807) is 12.0 Å². The monoisotopic (exact) mass is 481 g/mol. The van der Waals surface area contributed by atoms with Crippen molar-refractivity contribution in [1.29, 1.82) is 0 Å². The number of hydrogen-bond acceptors (Lipinski definition) is 3. The molecule has 0 aliphatic heterocycles. The molecule has 1 aromatic carbocycles. The first-order valence-corrected chi connectivity index (χ1v) is 13.1. The minimum atomic E-state index is -0.534. The van der Waals surface area contributed by atoms with E-state index < -0.39 is 5.41 Å². The number of aromatic nitrogens is 1. The van der Waals surface area contributed by atoms with Gasteiger partial charge in [0.2, 0.25) is 11.8 Å². The third-order valence-electron chi connectivity index (χ3n) is 6.82. The molecule has 0 radical (unpaired) electrons. The molecule has 192 valence electrons. The van der Waals surface area contributed by atoms with E-state index in [0.717, 1.165) is 44.3 Å². The van der Waals surface area contributed by atoms with Gasteiger partial charge in [-0.05, 0) is 37.0 Å². The van der Waals surface area contributed by atoms with Gasteiger partial charge in [0.1, 0.15) is 0 Å². The minimum absolute atomic E-state index is 0.0120. The Morgan fingerprint density at radius 3 is 2.40 bits per heavy atom. The fourth-order valence-electron chi connectivity index (χ4n) is 4.90. The van der Waals surface area contributed by atoms with Crippen LogP contribution in [0.1, 0.15) is 70.6 Å². The summed E-state index contributed by atoms with van der Waals surface area (Å²) < 4.78 is 7.43. The Kier molecular flexibility index (Phi) is 9.96. The number of methoxy groups -OCH3 is 1. The Balaban J connectivity index is 1.79. The van der Waals surface area contributed by atoms with Crippen LogP contribution >= 0.6 is 0 Å². The summed E-state index contributed by atoms with van der Waals surface area (Å²) in [6, 6.07) is 14.8. The molecule has 35 heavy (non-hydrogen) atoms. The smallest absolute Gasteiger partial charge is 0.242 e. The van der Waals surface area contributed by atoms with Crippen LogP contribution in [0.2, 0.25) is 0 Å². The summed E-state index contributed by atoms with van der Waals surface area (Å²) >= 11 is 0. The van der Waals surface area contributed by atoms with Gasteiger partial charge in [0.05, 0.1) is 13.1 Å². The molecule has 0 N–H and O–H groups in total. The fraction of sp³-hybridized carbons (Fsp3) is 0.586. The Hall–Kier alpha value is -2.60. The average Bonchev–Trinajstić information content (AvgIpc) is 3.28. The number of carbonyl (C=O) groups is 2. The van der Waals surface area contributed by atoms with E-state index >= 15 is 0 Å². The van der Waals surface area contributed by atoms with Crippen molar-refractivity contribution < 1.29 is 14.3 Å². The van der Waals surface area contributed by atoms with Crippen LogP contribution in [0, 0.1) is 5.41 Å². The number of benzene rings is 1. The molecule has 1 saturated carbocycles. The molecule has 1 aromatic heterocycles. The van der Waals surface area contributed by atoms with E-state index in [-0.39, 0.29) is 24.4 Å². The van der Waals surface area contributed by atoms with Gasteiger partial charge in [0.15, 0.2) is 0 Å². The summed E-state index contributed by atoms with van der Waals surface area (Å²) in [7, 11) is 1.66. The molecule has 3 rings (SSSR count). The lowest BCUT2D eigenvalue weighted by Crippen LogP contribution is -2.50. The van der Waals surface area contributed by atoms with Gasteiger partial charge in [-0.3, -0.25) is 9.59 Å². The second kappa shape index (κ2) is 12.9. The number of nitrogens with zero attached hydrogens (tertiary/aromatic N) is 3. The number of rotatable bonds is 11. The third kappa shape index (κ3) is 7.96. The van der Waals surface area contributed by atoms with Gasteiger partial charge >= 0.3 is 0 Å². The normalized spacial score (nSPS) is 14.6. The highest BCUT2D eigenvalue weighted by molar-refractivity contribution is 5.87. The van der Waals surface area contributed by atoms with Crippen molar-refractivity contribution in [2.24, 2.45) is 5.41 Å². The summed E-state index contributed by atoms with van der Waals surface area (Å²) in [5.41, 5.74) is 1.83. The molecule has 1 aliphatic carbocycles. The second-order valence-electron chi connectivity index (χ2n) is 10.7. The number of amides is 2. The maximum Gasteiger partial charge on any atom is 0.242 e. The Morgan fingerprint density at radius 2 is 1.74 bits per heavy atom. The predicted molar refractivity (Wildman–Crippen MR) is 140 cm³/mol. The first kappa shape index (κ1) is 27.0. The Bertz CT molecular complexity index is 926. The molecule has 1 heterocycles. The average molecular weight is 482 g/mol. The maximum atomic E-state index is 13.8. The zero-order chi connectivity index (χ0) is 25.3. The molecule has 0 atom stereocenters. The summed E-state index contributed by atoms with van der Waals surface area (Å²) in [4.78, 5) is 30.8. The van der Waals surface area contributed by atoms with E-state index in [0.29, 0.717) is 19.7 Å². The lowest BCUT2D eigenvalue weighted by atomic mass is 9.93. The number of carbonyl (C=O) groups excluding carboxylic acids is 2. The Morgan fingerprint density at radius 1 is 1.03 bits per heavy atom. The van der Waals surface area contributed by atoms with Crippen LogP contribution < -0.4 is 0 Å². The van der Waals surface area contributed by atoms with Gasteiger partial charge in [-0.15, -0.1) is 0 Å². The van der Waals surface area contributed by atoms with Crippen molar-refractivity contribution in [3.8, 4) is 0 Å². The number of hydrogen-bond donors (Lipinski definition) is 0. The van der Waals surface area contributed by atoms with Crippen LogP contribution in [0.3, 0.4) is 0 Å². The Labute approximate surface area is 211 Å². The van der Waals surface area contributed by atoms with Gasteiger partial charge in [-0.25, -0.2) is 0 Å². The van der Waals surface area contributed by atoms with E-state index in [1.807, 2.05) is 26.8 Å². The standard InChI is InChI=1S/C29H43N3O3/c1-29(2,3)28(34)31(19-12-20-35-4)23-27(33)32(25-15-9-6-10-16-25)22-26-17-11-18-30(26)21-24-13-7-5-8-14-24/h5,7-8,11,13-14,17-18,25H,6,9-10,12,15-16,19-23H2,1-4H3. The SMILES string of the molecule is COCCCN(CC(=O)N(Cc1cccn1Cc1ccccc1)C1CCCCC1)C(=O)C(C)(C)C. The van der Waals surface area contributed by atoms with Crippen LogP contribution in [0.5, 0.6) is 0 Å². The number of ether oxygens (including phenoxy) is 1. The molecule has 0 saturated heterocycles. The van der Waals surface area contributed by atoms with E-state index in [9.17, 15) is 9.59 Å². The van der Waals surface area contributed by atoms with Gasteiger partial charge < -0.3 is 19.1 Å². The molecule has 1 fully saturated rings. The van der Waals surface area contributed by atoms with Crippen molar-refractivity contribution in [3.63, 3.8) is 0 Å². The molecule has 0 spiro atoms. The summed E-state index contributed by atoms with van der Waals surface area (Å²) in [5, 5.41) is 0. The van der Waals surface area contributed by atoms with Gasteiger partial charge in [0.25, 0.3) is 0 Å². The van der Waals surface area contributed by atoms with E-state index in [2.05, 4.69) is 52.1 Å². The molecule has 6 heteroatoms. The van der Waals surface area contributed by atoms with Crippen LogP contribution in [0.4, 0.5) is 0 Å². The molecular formula is C29H43N3O3. The van der Waals surface area contributed by atoms with Gasteiger partial charge in [-0.1, -0.05) is 70.4 Å². The summed E-state index contributed by atoms with van der Waals surface area (Å²) in [6.45, 7) is 8.31. The van der Waals surface area contributed by atoms with E-state index in [1.165, 1.54) is 12.0 Å². The maximum absolute atomic E-state index is 13.8. The van der Waals surface area contributed by atoms with Crippen molar-refractivity contribution >= 4 is 11.8 Å².